The molecule has 0 bridgehead atoms. The van der Waals surface area contributed by atoms with Gasteiger partial charge in [-0.25, -0.2) is 19.7 Å². The fourth-order valence-corrected chi connectivity index (χ4v) is 2.09. The molecule has 2 aromatic heterocycles. The minimum absolute atomic E-state index is 0.124. The number of aryl methyl sites for hydroxylation is 1. The van der Waals surface area contributed by atoms with E-state index in [4.69, 9.17) is 5.11 Å². The van der Waals surface area contributed by atoms with Gasteiger partial charge in [0.25, 0.3) is 0 Å². The van der Waals surface area contributed by atoms with Crippen molar-refractivity contribution >= 4 is 17.3 Å². The molecule has 0 spiro atoms. The molecular formula is C11H12N4O2S. The molecule has 0 saturated carbocycles. The zero-order valence-corrected chi connectivity index (χ0v) is 10.6. The molecule has 0 aliphatic carbocycles. The molecule has 0 aromatic carbocycles. The molecule has 18 heavy (non-hydrogen) atoms. The first-order valence-corrected chi connectivity index (χ1v) is 6.18. The van der Waals surface area contributed by atoms with Crippen molar-refractivity contribution in [3.63, 3.8) is 0 Å². The topological polar surface area (TPSA) is 88.0 Å². The molecule has 94 valence electrons. The highest BCUT2D eigenvalue weighted by atomic mass is 32.1. The Labute approximate surface area is 108 Å². The molecule has 0 radical (unpaired) electrons. The standard InChI is InChI=1S/C11H12N4O2S/c1-7-15-8(5-18-7)2-12-4-10-9(11(16)17)3-13-6-14-10/h3,5-6,12H,2,4H2,1H3,(H,16,17). The first-order chi connectivity index (χ1) is 8.66. The van der Waals surface area contributed by atoms with Gasteiger partial charge in [0, 0.05) is 24.7 Å². The molecule has 0 amide bonds. The van der Waals surface area contributed by atoms with Crippen LogP contribution in [0.5, 0.6) is 0 Å². The summed E-state index contributed by atoms with van der Waals surface area (Å²) in [6.07, 6.45) is 2.65. The van der Waals surface area contributed by atoms with Crippen LogP contribution in [-0.4, -0.2) is 26.0 Å². The van der Waals surface area contributed by atoms with Crippen LogP contribution in [0.25, 0.3) is 0 Å². The van der Waals surface area contributed by atoms with E-state index in [2.05, 4.69) is 20.3 Å². The van der Waals surface area contributed by atoms with Crippen molar-refractivity contribution in [2.75, 3.05) is 0 Å². The lowest BCUT2D eigenvalue weighted by atomic mass is 10.2. The molecule has 0 fully saturated rings. The van der Waals surface area contributed by atoms with Gasteiger partial charge in [0.05, 0.1) is 16.4 Å². The van der Waals surface area contributed by atoms with Crippen LogP contribution in [0, 0.1) is 6.92 Å². The van der Waals surface area contributed by atoms with Crippen LogP contribution in [0.4, 0.5) is 0 Å². The summed E-state index contributed by atoms with van der Waals surface area (Å²) in [7, 11) is 0. The second kappa shape index (κ2) is 5.65. The van der Waals surface area contributed by atoms with E-state index in [0.717, 1.165) is 10.7 Å². The molecule has 7 heteroatoms. The van der Waals surface area contributed by atoms with Gasteiger partial charge in [-0.1, -0.05) is 0 Å². The molecule has 2 heterocycles. The lowest BCUT2D eigenvalue weighted by molar-refractivity contribution is 0.0694. The van der Waals surface area contributed by atoms with E-state index in [1.807, 2.05) is 12.3 Å². The van der Waals surface area contributed by atoms with Gasteiger partial charge in [0.15, 0.2) is 0 Å². The molecule has 2 N–H and O–H groups in total. The summed E-state index contributed by atoms with van der Waals surface area (Å²) in [5.41, 5.74) is 1.55. The number of carboxylic acids is 1. The van der Waals surface area contributed by atoms with Crippen molar-refractivity contribution in [2.24, 2.45) is 0 Å². The summed E-state index contributed by atoms with van der Waals surface area (Å²) in [6.45, 7) is 2.91. The molecule has 2 aromatic rings. The van der Waals surface area contributed by atoms with Crippen LogP contribution < -0.4 is 5.32 Å². The lowest BCUT2D eigenvalue weighted by Gasteiger charge is -2.04. The third kappa shape index (κ3) is 3.08. The van der Waals surface area contributed by atoms with Crippen molar-refractivity contribution in [3.05, 3.63) is 39.9 Å². The SMILES string of the molecule is Cc1nc(CNCc2ncncc2C(=O)O)cs1. The Morgan fingerprint density at radius 1 is 1.50 bits per heavy atom. The zero-order chi connectivity index (χ0) is 13.0. The first kappa shape index (κ1) is 12.6. The van der Waals surface area contributed by atoms with Crippen molar-refractivity contribution in [1.29, 1.82) is 0 Å². The Balaban J connectivity index is 1.96. The van der Waals surface area contributed by atoms with Crippen molar-refractivity contribution in [1.82, 2.24) is 20.3 Å². The molecule has 0 saturated heterocycles. The lowest BCUT2D eigenvalue weighted by Crippen LogP contribution is -2.17. The van der Waals surface area contributed by atoms with Gasteiger partial charge in [0.1, 0.15) is 11.9 Å². The number of rotatable bonds is 5. The summed E-state index contributed by atoms with van der Waals surface area (Å²) >= 11 is 1.59. The van der Waals surface area contributed by atoms with Crippen molar-refractivity contribution in [3.8, 4) is 0 Å². The minimum Gasteiger partial charge on any atom is -0.478 e. The number of carbonyl (C=O) groups is 1. The molecule has 0 aliphatic heterocycles. The van der Waals surface area contributed by atoms with Gasteiger partial charge in [-0.3, -0.25) is 0 Å². The van der Waals surface area contributed by atoms with Crippen LogP contribution in [-0.2, 0) is 13.1 Å². The molecule has 6 nitrogen and oxygen atoms in total. The van der Waals surface area contributed by atoms with E-state index in [9.17, 15) is 4.79 Å². The van der Waals surface area contributed by atoms with E-state index in [1.165, 1.54) is 12.5 Å². The van der Waals surface area contributed by atoms with Gasteiger partial charge in [-0.2, -0.15) is 0 Å². The van der Waals surface area contributed by atoms with Crippen LogP contribution >= 0.6 is 11.3 Å². The van der Waals surface area contributed by atoms with E-state index in [-0.39, 0.29) is 5.56 Å². The van der Waals surface area contributed by atoms with Gasteiger partial charge in [-0.15, -0.1) is 11.3 Å². The van der Waals surface area contributed by atoms with Crippen LogP contribution in [0.1, 0.15) is 26.8 Å². The average Bonchev–Trinajstić information content (AvgIpc) is 2.75. The van der Waals surface area contributed by atoms with Gasteiger partial charge < -0.3 is 10.4 Å². The normalized spacial score (nSPS) is 10.5. The monoisotopic (exact) mass is 264 g/mol. The first-order valence-electron chi connectivity index (χ1n) is 5.30. The van der Waals surface area contributed by atoms with Crippen LogP contribution in [0.2, 0.25) is 0 Å². The number of aromatic nitrogens is 3. The Morgan fingerprint density at radius 3 is 3.00 bits per heavy atom. The van der Waals surface area contributed by atoms with Gasteiger partial charge in [-0.05, 0) is 6.92 Å². The molecule has 0 aliphatic rings. The molecule has 2 rings (SSSR count). The maximum absolute atomic E-state index is 10.9. The van der Waals surface area contributed by atoms with E-state index >= 15 is 0 Å². The summed E-state index contributed by atoms with van der Waals surface area (Å²) in [5.74, 6) is -1.02. The maximum Gasteiger partial charge on any atom is 0.339 e. The Bertz CT molecular complexity index is 555. The number of nitrogens with one attached hydrogen (secondary N) is 1. The van der Waals surface area contributed by atoms with Gasteiger partial charge >= 0.3 is 5.97 Å². The quantitative estimate of drug-likeness (QED) is 0.844. The highest BCUT2D eigenvalue weighted by molar-refractivity contribution is 7.09. The maximum atomic E-state index is 10.9. The smallest absolute Gasteiger partial charge is 0.339 e. The number of hydrogen-bond donors (Lipinski definition) is 2. The average molecular weight is 264 g/mol. The Kier molecular flexibility index (Phi) is 3.96. The van der Waals surface area contributed by atoms with Crippen LogP contribution in [0.15, 0.2) is 17.9 Å². The molecule has 0 unspecified atom stereocenters. The predicted octanol–water partition coefficient (Wildman–Crippen LogP) is 1.23. The summed E-state index contributed by atoms with van der Waals surface area (Å²) < 4.78 is 0. The zero-order valence-electron chi connectivity index (χ0n) is 9.75. The highest BCUT2D eigenvalue weighted by Crippen LogP contribution is 2.08. The number of thiazole rings is 1. The third-order valence-corrected chi connectivity index (χ3v) is 3.11. The number of aromatic carboxylic acids is 1. The fourth-order valence-electron chi connectivity index (χ4n) is 1.47. The summed E-state index contributed by atoms with van der Waals surface area (Å²) in [5, 5.41) is 15.1. The van der Waals surface area contributed by atoms with Crippen molar-refractivity contribution in [2.45, 2.75) is 20.0 Å². The summed E-state index contributed by atoms with van der Waals surface area (Å²) in [4.78, 5) is 22.9. The largest absolute Gasteiger partial charge is 0.478 e. The second-order valence-electron chi connectivity index (χ2n) is 3.65. The number of hydrogen-bond acceptors (Lipinski definition) is 6. The van der Waals surface area contributed by atoms with Crippen molar-refractivity contribution < 1.29 is 9.90 Å². The van der Waals surface area contributed by atoms with Gasteiger partial charge in [0.2, 0.25) is 0 Å². The number of nitrogens with zero attached hydrogens (tertiary/aromatic N) is 3. The van der Waals surface area contributed by atoms with E-state index < -0.39 is 5.97 Å². The minimum atomic E-state index is -1.02. The second-order valence-corrected chi connectivity index (χ2v) is 4.71. The predicted molar refractivity (Wildman–Crippen MR) is 66.4 cm³/mol. The highest BCUT2D eigenvalue weighted by Gasteiger charge is 2.10. The Hall–Kier alpha value is -1.86. The van der Waals surface area contributed by atoms with E-state index in [0.29, 0.717) is 18.8 Å². The van der Waals surface area contributed by atoms with E-state index in [1.54, 1.807) is 11.3 Å². The molecular weight excluding hydrogens is 252 g/mol. The fraction of sp³-hybridized carbons (Fsp3) is 0.273. The third-order valence-electron chi connectivity index (χ3n) is 2.29. The Morgan fingerprint density at radius 2 is 2.33 bits per heavy atom. The molecule has 0 atom stereocenters. The number of carboxylic acid groups (broad SMARTS) is 1. The summed E-state index contributed by atoms with van der Waals surface area (Å²) in [6, 6.07) is 0. The van der Waals surface area contributed by atoms with Crippen LogP contribution in [0.3, 0.4) is 0 Å².